The van der Waals surface area contributed by atoms with Crippen molar-refractivity contribution < 1.29 is 14.3 Å². The summed E-state index contributed by atoms with van der Waals surface area (Å²) in [5.41, 5.74) is 5.61. The Hall–Kier alpha value is -0.360. The third-order valence-corrected chi connectivity index (χ3v) is 4.66. The molecule has 0 bridgehead atoms. The maximum Gasteiger partial charge on any atom is 0.252 e. The van der Waals surface area contributed by atoms with E-state index in [0.29, 0.717) is 19.7 Å². The van der Waals surface area contributed by atoms with Gasteiger partial charge in [0.1, 0.15) is 6.10 Å². The van der Waals surface area contributed by atoms with Gasteiger partial charge in [0.2, 0.25) is 0 Å². The molecule has 0 spiro atoms. The Morgan fingerprint density at radius 3 is 2.75 bits per heavy atom. The molecule has 0 radical (unpaired) electrons. The molecule has 3 fully saturated rings. The molecule has 1 amide bonds. The summed E-state index contributed by atoms with van der Waals surface area (Å²) < 4.78 is 11.6. The van der Waals surface area contributed by atoms with Gasteiger partial charge in [0.15, 0.2) is 0 Å². The normalized spacial score (nSPS) is 37.1. The molecule has 2 saturated heterocycles. The van der Waals surface area contributed by atoms with Crippen LogP contribution in [0.25, 0.3) is 0 Å². The lowest BCUT2D eigenvalue weighted by Gasteiger charge is -2.44. The second-order valence-corrected chi connectivity index (χ2v) is 5.85. The Morgan fingerprint density at radius 1 is 1.20 bits per heavy atom. The molecule has 2 N–H and O–H groups in total. The SMILES string of the molecule is Cl.NC[C@H]1CC[C@@H](C(=O)N2CCOC3CCCCC32)O1. The molecule has 6 heteroatoms. The van der Waals surface area contributed by atoms with Crippen molar-refractivity contribution in [1.82, 2.24) is 4.90 Å². The second kappa shape index (κ2) is 7.07. The third-order valence-electron chi connectivity index (χ3n) is 4.66. The second-order valence-electron chi connectivity index (χ2n) is 5.85. The molecule has 2 aliphatic heterocycles. The smallest absolute Gasteiger partial charge is 0.252 e. The summed E-state index contributed by atoms with van der Waals surface area (Å²) >= 11 is 0. The quantitative estimate of drug-likeness (QED) is 0.829. The lowest BCUT2D eigenvalue weighted by Crippen LogP contribution is -2.57. The van der Waals surface area contributed by atoms with Gasteiger partial charge in [-0.15, -0.1) is 12.4 Å². The molecule has 5 nitrogen and oxygen atoms in total. The minimum absolute atomic E-state index is 0. The summed E-state index contributed by atoms with van der Waals surface area (Å²) in [6, 6.07) is 0.274. The summed E-state index contributed by atoms with van der Waals surface area (Å²) in [4.78, 5) is 14.6. The van der Waals surface area contributed by atoms with Gasteiger partial charge in [-0.2, -0.15) is 0 Å². The number of morpholine rings is 1. The summed E-state index contributed by atoms with van der Waals surface area (Å²) in [7, 11) is 0. The van der Waals surface area contributed by atoms with Crippen molar-refractivity contribution in [3.05, 3.63) is 0 Å². The molecule has 4 atom stereocenters. The Balaban J connectivity index is 0.00000147. The minimum Gasteiger partial charge on any atom is -0.374 e. The van der Waals surface area contributed by atoms with E-state index in [1.54, 1.807) is 0 Å². The van der Waals surface area contributed by atoms with Gasteiger partial charge >= 0.3 is 0 Å². The van der Waals surface area contributed by atoms with E-state index in [9.17, 15) is 4.79 Å². The fourth-order valence-corrected chi connectivity index (χ4v) is 3.62. The first kappa shape index (κ1) is 16.0. The molecule has 2 unspecified atom stereocenters. The Morgan fingerprint density at radius 2 is 2.00 bits per heavy atom. The van der Waals surface area contributed by atoms with Crippen molar-refractivity contribution in [1.29, 1.82) is 0 Å². The van der Waals surface area contributed by atoms with E-state index in [1.807, 2.05) is 4.90 Å². The number of hydrogen-bond acceptors (Lipinski definition) is 4. The zero-order valence-electron chi connectivity index (χ0n) is 11.8. The molecule has 0 aromatic heterocycles. The van der Waals surface area contributed by atoms with Crippen molar-refractivity contribution in [2.75, 3.05) is 19.7 Å². The topological polar surface area (TPSA) is 64.8 Å². The molecule has 3 aliphatic rings. The van der Waals surface area contributed by atoms with Crippen molar-refractivity contribution in [2.45, 2.75) is 62.9 Å². The van der Waals surface area contributed by atoms with Crippen LogP contribution in [0.4, 0.5) is 0 Å². The van der Waals surface area contributed by atoms with Gasteiger partial charge < -0.3 is 20.1 Å². The van der Waals surface area contributed by atoms with E-state index >= 15 is 0 Å². The number of amides is 1. The first-order valence-electron chi connectivity index (χ1n) is 7.57. The van der Waals surface area contributed by atoms with E-state index in [1.165, 1.54) is 12.8 Å². The predicted molar refractivity (Wildman–Crippen MR) is 77.9 cm³/mol. The van der Waals surface area contributed by atoms with Gasteiger partial charge in [0, 0.05) is 13.1 Å². The number of carbonyl (C=O) groups excluding carboxylic acids is 1. The monoisotopic (exact) mass is 304 g/mol. The third kappa shape index (κ3) is 3.11. The molecule has 116 valence electrons. The average Bonchev–Trinajstić information content (AvgIpc) is 2.95. The number of rotatable bonds is 2. The Labute approximate surface area is 126 Å². The molecule has 0 aromatic rings. The highest BCUT2D eigenvalue weighted by Crippen LogP contribution is 2.30. The molecule has 20 heavy (non-hydrogen) atoms. The van der Waals surface area contributed by atoms with E-state index in [-0.39, 0.29) is 42.7 Å². The van der Waals surface area contributed by atoms with Crippen LogP contribution >= 0.6 is 12.4 Å². The number of carbonyl (C=O) groups is 1. The van der Waals surface area contributed by atoms with Crippen LogP contribution in [0.3, 0.4) is 0 Å². The maximum absolute atomic E-state index is 12.6. The van der Waals surface area contributed by atoms with Crippen molar-refractivity contribution in [3.8, 4) is 0 Å². The molecule has 0 aromatic carbocycles. The van der Waals surface area contributed by atoms with Crippen LogP contribution < -0.4 is 5.73 Å². The lowest BCUT2D eigenvalue weighted by atomic mass is 9.89. The zero-order chi connectivity index (χ0) is 13.2. The van der Waals surface area contributed by atoms with Gasteiger partial charge in [0.05, 0.1) is 24.9 Å². The van der Waals surface area contributed by atoms with E-state index in [0.717, 1.165) is 25.7 Å². The number of hydrogen-bond donors (Lipinski definition) is 1. The molecular formula is C14H25ClN2O3. The largest absolute Gasteiger partial charge is 0.374 e. The van der Waals surface area contributed by atoms with Crippen LogP contribution in [0.2, 0.25) is 0 Å². The van der Waals surface area contributed by atoms with Crippen LogP contribution in [0.15, 0.2) is 0 Å². The highest BCUT2D eigenvalue weighted by Gasteiger charge is 2.41. The number of nitrogens with zero attached hydrogens (tertiary/aromatic N) is 1. The van der Waals surface area contributed by atoms with E-state index in [4.69, 9.17) is 15.2 Å². The highest BCUT2D eigenvalue weighted by atomic mass is 35.5. The number of nitrogens with two attached hydrogens (primary N) is 1. The lowest BCUT2D eigenvalue weighted by molar-refractivity contribution is -0.160. The van der Waals surface area contributed by atoms with Crippen LogP contribution in [0.5, 0.6) is 0 Å². The summed E-state index contributed by atoms with van der Waals surface area (Å²) in [6.45, 7) is 1.89. The summed E-state index contributed by atoms with van der Waals surface area (Å²) in [5, 5.41) is 0. The first-order valence-corrected chi connectivity index (χ1v) is 7.57. The highest BCUT2D eigenvalue weighted by molar-refractivity contribution is 5.85. The van der Waals surface area contributed by atoms with E-state index in [2.05, 4.69) is 0 Å². The molecule has 1 saturated carbocycles. The fourth-order valence-electron chi connectivity index (χ4n) is 3.62. The zero-order valence-corrected chi connectivity index (χ0v) is 12.6. The average molecular weight is 305 g/mol. The summed E-state index contributed by atoms with van der Waals surface area (Å²) in [5.74, 6) is 0.163. The van der Waals surface area contributed by atoms with Crippen LogP contribution in [0.1, 0.15) is 38.5 Å². The summed E-state index contributed by atoms with van der Waals surface area (Å²) in [6.07, 6.45) is 6.35. The van der Waals surface area contributed by atoms with Gasteiger partial charge in [0.25, 0.3) is 5.91 Å². The molecule has 3 rings (SSSR count). The fraction of sp³-hybridized carbons (Fsp3) is 0.929. The number of halogens is 1. The molecule has 1 aliphatic carbocycles. The van der Waals surface area contributed by atoms with Gasteiger partial charge in [-0.3, -0.25) is 4.79 Å². The predicted octanol–water partition coefficient (Wildman–Crippen LogP) is 1.08. The van der Waals surface area contributed by atoms with Crippen molar-refractivity contribution in [3.63, 3.8) is 0 Å². The number of fused-ring (bicyclic) bond motifs is 1. The maximum atomic E-state index is 12.6. The van der Waals surface area contributed by atoms with Gasteiger partial charge in [-0.25, -0.2) is 0 Å². The first-order chi connectivity index (χ1) is 9.29. The number of ether oxygens (including phenoxy) is 2. The van der Waals surface area contributed by atoms with Gasteiger partial charge in [-0.05, 0) is 25.7 Å². The van der Waals surface area contributed by atoms with Crippen molar-refractivity contribution >= 4 is 18.3 Å². The van der Waals surface area contributed by atoms with Crippen LogP contribution in [-0.2, 0) is 14.3 Å². The van der Waals surface area contributed by atoms with E-state index < -0.39 is 0 Å². The minimum atomic E-state index is -0.269. The van der Waals surface area contributed by atoms with Crippen molar-refractivity contribution in [2.24, 2.45) is 5.73 Å². The van der Waals surface area contributed by atoms with Gasteiger partial charge in [-0.1, -0.05) is 12.8 Å². The standard InChI is InChI=1S/C14H24N2O3.ClH/c15-9-10-5-6-13(19-10)14(17)16-7-8-18-12-4-2-1-3-11(12)16;/h10-13H,1-9,15H2;1H/t10-,11?,12?,13+;/m1./s1. The molecular weight excluding hydrogens is 280 g/mol. The Bertz CT molecular complexity index is 340. The molecule has 2 heterocycles. The van der Waals surface area contributed by atoms with Crippen LogP contribution in [-0.4, -0.2) is 54.9 Å². The Kier molecular flexibility index (Phi) is 5.66. The van der Waals surface area contributed by atoms with Crippen LogP contribution in [0, 0.1) is 0 Å².